The van der Waals surface area contributed by atoms with Crippen molar-refractivity contribution in [3.63, 3.8) is 0 Å². The van der Waals surface area contributed by atoms with Crippen LogP contribution in [0.15, 0.2) is 39.0 Å². The lowest BCUT2D eigenvalue weighted by atomic mass is 10.3. The Hall–Kier alpha value is -1.68. The van der Waals surface area contributed by atoms with Crippen LogP contribution in [0.25, 0.3) is 11.1 Å². The summed E-state index contributed by atoms with van der Waals surface area (Å²) in [6.07, 6.45) is 1.66. The minimum Gasteiger partial charge on any atom is -0.408 e. The van der Waals surface area contributed by atoms with E-state index in [2.05, 4.69) is 0 Å². The third-order valence-electron chi connectivity index (χ3n) is 2.07. The van der Waals surface area contributed by atoms with E-state index < -0.39 is 5.76 Å². The van der Waals surface area contributed by atoms with Crippen molar-refractivity contribution in [3.05, 3.63) is 40.4 Å². The van der Waals surface area contributed by atoms with Crippen LogP contribution in [0, 0.1) is 0 Å². The van der Waals surface area contributed by atoms with Crippen molar-refractivity contribution >= 4 is 28.4 Å². The number of nitrogens with two attached hydrogens (primary N) is 1. The fourth-order valence-corrected chi connectivity index (χ4v) is 1.48. The second kappa shape index (κ2) is 3.82. The molecule has 0 atom stereocenters. The average molecular weight is 225 g/mol. The molecule has 0 aliphatic heterocycles. The van der Waals surface area contributed by atoms with Crippen LogP contribution in [0.1, 0.15) is 0 Å². The quantitative estimate of drug-likeness (QED) is 0.793. The first-order chi connectivity index (χ1) is 7.22. The summed E-state index contributed by atoms with van der Waals surface area (Å²) in [5.41, 5.74) is 8.71. The molecule has 15 heavy (non-hydrogen) atoms. The number of oxazole rings is 1. The van der Waals surface area contributed by atoms with Gasteiger partial charge in [0.1, 0.15) is 0 Å². The summed E-state index contributed by atoms with van der Waals surface area (Å²) in [6.45, 7) is 0.388. The Balaban J connectivity index is 2.63. The molecule has 0 radical (unpaired) electrons. The number of rotatable bonds is 2. The Morgan fingerprint density at radius 3 is 3.07 bits per heavy atom. The zero-order chi connectivity index (χ0) is 10.8. The highest BCUT2D eigenvalue weighted by Crippen LogP contribution is 2.16. The van der Waals surface area contributed by atoms with E-state index in [-0.39, 0.29) is 0 Å². The first kappa shape index (κ1) is 9.86. The number of nitrogens with zero attached hydrogens (tertiary/aromatic N) is 1. The monoisotopic (exact) mass is 224 g/mol. The molecule has 0 bridgehead atoms. The van der Waals surface area contributed by atoms with Crippen LogP contribution in [0.4, 0.5) is 5.69 Å². The van der Waals surface area contributed by atoms with Crippen molar-refractivity contribution in [2.45, 2.75) is 6.54 Å². The number of anilines is 1. The van der Waals surface area contributed by atoms with E-state index in [1.165, 1.54) is 10.1 Å². The number of nitrogen functional groups attached to an aromatic ring is 1. The molecule has 2 N–H and O–H groups in total. The van der Waals surface area contributed by atoms with E-state index in [0.717, 1.165) is 0 Å². The fourth-order valence-electron chi connectivity index (χ4n) is 1.40. The largest absolute Gasteiger partial charge is 0.420 e. The van der Waals surface area contributed by atoms with Gasteiger partial charge in [-0.2, -0.15) is 0 Å². The molecule has 4 nitrogen and oxygen atoms in total. The predicted molar refractivity (Wildman–Crippen MR) is 59.9 cm³/mol. The van der Waals surface area contributed by atoms with Crippen LogP contribution in [-0.2, 0) is 6.54 Å². The predicted octanol–water partition coefficient (Wildman–Crippen LogP) is 1.93. The van der Waals surface area contributed by atoms with Gasteiger partial charge in [-0.05, 0) is 12.1 Å². The van der Waals surface area contributed by atoms with Crippen molar-refractivity contribution in [2.24, 2.45) is 0 Å². The van der Waals surface area contributed by atoms with Crippen molar-refractivity contribution < 1.29 is 4.42 Å². The van der Waals surface area contributed by atoms with Crippen LogP contribution >= 0.6 is 11.6 Å². The van der Waals surface area contributed by atoms with E-state index in [1.807, 2.05) is 0 Å². The second-order valence-corrected chi connectivity index (χ2v) is 3.32. The summed E-state index contributed by atoms with van der Waals surface area (Å²) in [7, 11) is 0. The van der Waals surface area contributed by atoms with Gasteiger partial charge in [-0.25, -0.2) is 4.79 Å². The van der Waals surface area contributed by atoms with Gasteiger partial charge >= 0.3 is 5.76 Å². The SMILES string of the molecule is Nc1ccc2c(c1)oc(=O)n2C/C=C/Cl. The maximum Gasteiger partial charge on any atom is 0.420 e. The molecule has 0 amide bonds. The average Bonchev–Trinajstić information content (AvgIpc) is 2.50. The third-order valence-corrected chi connectivity index (χ3v) is 2.25. The Morgan fingerprint density at radius 2 is 2.33 bits per heavy atom. The highest BCUT2D eigenvalue weighted by atomic mass is 35.5. The van der Waals surface area contributed by atoms with Crippen molar-refractivity contribution in [1.29, 1.82) is 0 Å². The number of aromatic nitrogens is 1. The summed E-state index contributed by atoms with van der Waals surface area (Å²) in [5, 5.41) is 0. The third kappa shape index (κ3) is 1.76. The van der Waals surface area contributed by atoms with E-state index in [4.69, 9.17) is 21.8 Å². The minimum absolute atomic E-state index is 0.388. The van der Waals surface area contributed by atoms with Gasteiger partial charge in [-0.15, -0.1) is 0 Å². The molecule has 0 saturated carbocycles. The molecular weight excluding hydrogens is 216 g/mol. The fraction of sp³-hybridized carbons (Fsp3) is 0.100. The van der Waals surface area contributed by atoms with Crippen LogP contribution in [0.2, 0.25) is 0 Å². The van der Waals surface area contributed by atoms with Gasteiger partial charge in [0.2, 0.25) is 0 Å². The Morgan fingerprint density at radius 1 is 1.53 bits per heavy atom. The van der Waals surface area contributed by atoms with Crippen molar-refractivity contribution in [2.75, 3.05) is 5.73 Å². The number of fused-ring (bicyclic) bond motifs is 1. The topological polar surface area (TPSA) is 61.2 Å². The summed E-state index contributed by atoms with van der Waals surface area (Å²) < 4.78 is 6.51. The molecule has 0 spiro atoms. The molecule has 0 aliphatic rings. The number of hydrogen-bond acceptors (Lipinski definition) is 3. The second-order valence-electron chi connectivity index (χ2n) is 3.07. The molecule has 2 rings (SSSR count). The Bertz CT molecular complexity index is 568. The molecule has 0 fully saturated rings. The molecule has 5 heteroatoms. The molecule has 1 heterocycles. The molecule has 1 aromatic carbocycles. The smallest absolute Gasteiger partial charge is 0.408 e. The normalized spacial score (nSPS) is 11.5. The molecule has 2 aromatic rings. The van der Waals surface area contributed by atoms with Gasteiger partial charge in [-0.3, -0.25) is 4.57 Å². The van der Waals surface area contributed by atoms with Gasteiger partial charge in [-0.1, -0.05) is 17.7 Å². The summed E-state index contributed by atoms with van der Waals surface area (Å²) in [5.74, 6) is -0.412. The molecular formula is C10H9ClN2O2. The number of benzene rings is 1. The van der Waals surface area contributed by atoms with Gasteiger partial charge < -0.3 is 10.2 Å². The van der Waals surface area contributed by atoms with Crippen LogP contribution < -0.4 is 11.5 Å². The van der Waals surface area contributed by atoms with E-state index in [9.17, 15) is 4.79 Å². The lowest BCUT2D eigenvalue weighted by molar-refractivity contribution is 0.520. The zero-order valence-electron chi connectivity index (χ0n) is 7.81. The summed E-state index contributed by atoms with van der Waals surface area (Å²) in [4.78, 5) is 11.4. The molecule has 0 saturated heterocycles. The van der Waals surface area contributed by atoms with Crippen LogP contribution in [0.3, 0.4) is 0 Å². The van der Waals surface area contributed by atoms with Crippen molar-refractivity contribution in [1.82, 2.24) is 4.57 Å². The number of halogens is 1. The summed E-state index contributed by atoms with van der Waals surface area (Å²) >= 11 is 5.40. The zero-order valence-corrected chi connectivity index (χ0v) is 8.57. The number of hydrogen-bond donors (Lipinski definition) is 1. The molecule has 1 aromatic heterocycles. The lowest BCUT2D eigenvalue weighted by Crippen LogP contribution is -2.12. The Kier molecular flexibility index (Phi) is 2.51. The standard InChI is InChI=1S/C10H9ClN2O2/c11-4-1-5-13-8-3-2-7(12)6-9(8)15-10(13)14/h1-4,6H,5,12H2/b4-1+. The highest BCUT2D eigenvalue weighted by Gasteiger charge is 2.07. The summed E-state index contributed by atoms with van der Waals surface area (Å²) in [6, 6.07) is 5.09. The van der Waals surface area contributed by atoms with Gasteiger partial charge in [0.25, 0.3) is 0 Å². The maximum absolute atomic E-state index is 11.4. The minimum atomic E-state index is -0.412. The first-order valence-corrected chi connectivity index (χ1v) is 4.80. The lowest BCUT2D eigenvalue weighted by Gasteiger charge is -1.96. The van der Waals surface area contributed by atoms with E-state index in [0.29, 0.717) is 23.3 Å². The van der Waals surface area contributed by atoms with Gasteiger partial charge in [0, 0.05) is 23.8 Å². The highest BCUT2D eigenvalue weighted by molar-refractivity contribution is 6.25. The molecule has 0 unspecified atom stereocenters. The Labute approximate surface area is 90.5 Å². The number of allylic oxidation sites excluding steroid dienone is 1. The van der Waals surface area contributed by atoms with E-state index in [1.54, 1.807) is 24.3 Å². The molecule has 78 valence electrons. The maximum atomic E-state index is 11.4. The van der Waals surface area contributed by atoms with Crippen LogP contribution in [0.5, 0.6) is 0 Å². The van der Waals surface area contributed by atoms with Crippen molar-refractivity contribution in [3.8, 4) is 0 Å². The molecule has 0 aliphatic carbocycles. The van der Waals surface area contributed by atoms with Gasteiger partial charge in [0.05, 0.1) is 5.52 Å². The van der Waals surface area contributed by atoms with Crippen LogP contribution in [-0.4, -0.2) is 4.57 Å². The first-order valence-electron chi connectivity index (χ1n) is 4.36. The van der Waals surface area contributed by atoms with E-state index >= 15 is 0 Å². The van der Waals surface area contributed by atoms with Gasteiger partial charge in [0.15, 0.2) is 5.58 Å².